The van der Waals surface area contributed by atoms with Crippen molar-refractivity contribution in [2.24, 2.45) is 0 Å². The van der Waals surface area contributed by atoms with Crippen LogP contribution in [0.5, 0.6) is 11.5 Å². The number of methoxy groups -OCH3 is 2. The van der Waals surface area contributed by atoms with Crippen LogP contribution in [-0.4, -0.2) is 32.6 Å². The Hall–Kier alpha value is -3.02. The summed E-state index contributed by atoms with van der Waals surface area (Å²) in [6.45, 7) is 2.86. The number of hydrogen-bond donors (Lipinski definition) is 2. The summed E-state index contributed by atoms with van der Waals surface area (Å²) >= 11 is 0. The van der Waals surface area contributed by atoms with Crippen molar-refractivity contribution in [3.8, 4) is 11.5 Å². The predicted octanol–water partition coefficient (Wildman–Crippen LogP) is 2.38. The molecule has 0 aromatic heterocycles. The molecule has 0 aliphatic carbocycles. The van der Waals surface area contributed by atoms with Crippen LogP contribution in [-0.2, 0) is 22.6 Å². The van der Waals surface area contributed by atoms with Crippen LogP contribution in [0.2, 0.25) is 0 Å². The second kappa shape index (κ2) is 10.2. The fraction of sp³-hybridized carbons (Fsp3) is 0.333. The molecule has 0 aliphatic rings. The summed E-state index contributed by atoms with van der Waals surface area (Å²) in [7, 11) is 3.17. The van der Waals surface area contributed by atoms with E-state index in [0.29, 0.717) is 31.0 Å². The van der Waals surface area contributed by atoms with E-state index >= 15 is 0 Å². The SMILES string of the molecule is COc1ccc(CCNC(=O)CC(=O)NCc2cccc(C)c2)cc1OC. The Kier molecular flexibility index (Phi) is 7.67. The first-order valence-electron chi connectivity index (χ1n) is 8.81. The molecule has 0 heterocycles. The summed E-state index contributed by atoms with van der Waals surface area (Å²) in [4.78, 5) is 23.8. The van der Waals surface area contributed by atoms with Crippen LogP contribution in [0.15, 0.2) is 42.5 Å². The van der Waals surface area contributed by atoms with Gasteiger partial charge in [-0.3, -0.25) is 9.59 Å². The predicted molar refractivity (Wildman–Crippen MR) is 104 cm³/mol. The molecular formula is C21H26N2O4. The summed E-state index contributed by atoms with van der Waals surface area (Å²) in [5, 5.41) is 5.53. The lowest BCUT2D eigenvalue weighted by atomic mass is 10.1. The number of hydrogen-bond acceptors (Lipinski definition) is 4. The first kappa shape index (κ1) is 20.3. The number of nitrogens with one attached hydrogen (secondary N) is 2. The molecule has 6 heteroatoms. The molecule has 144 valence electrons. The average molecular weight is 370 g/mol. The monoisotopic (exact) mass is 370 g/mol. The van der Waals surface area contributed by atoms with Crippen molar-refractivity contribution in [2.75, 3.05) is 20.8 Å². The molecule has 0 atom stereocenters. The maximum Gasteiger partial charge on any atom is 0.229 e. The van der Waals surface area contributed by atoms with Gasteiger partial charge in [0.1, 0.15) is 6.42 Å². The largest absolute Gasteiger partial charge is 0.493 e. The van der Waals surface area contributed by atoms with E-state index in [1.165, 1.54) is 0 Å². The molecule has 2 rings (SSSR count). The Balaban J connectivity index is 1.72. The molecule has 2 aromatic carbocycles. The molecule has 0 unspecified atom stereocenters. The van der Waals surface area contributed by atoms with E-state index in [9.17, 15) is 9.59 Å². The highest BCUT2D eigenvalue weighted by Gasteiger charge is 2.09. The van der Waals surface area contributed by atoms with Crippen molar-refractivity contribution in [2.45, 2.75) is 26.3 Å². The molecule has 0 radical (unpaired) electrons. The van der Waals surface area contributed by atoms with Gasteiger partial charge in [0.05, 0.1) is 14.2 Å². The van der Waals surface area contributed by atoms with Crippen molar-refractivity contribution >= 4 is 11.8 Å². The van der Waals surface area contributed by atoms with E-state index in [4.69, 9.17) is 9.47 Å². The molecule has 0 spiro atoms. The highest BCUT2D eigenvalue weighted by molar-refractivity contribution is 5.96. The van der Waals surface area contributed by atoms with Gasteiger partial charge in [-0.1, -0.05) is 35.9 Å². The zero-order valence-corrected chi connectivity index (χ0v) is 16.0. The fourth-order valence-corrected chi connectivity index (χ4v) is 2.68. The van der Waals surface area contributed by atoms with Crippen LogP contribution in [0.25, 0.3) is 0 Å². The molecule has 0 fully saturated rings. The average Bonchev–Trinajstić information content (AvgIpc) is 2.66. The summed E-state index contributed by atoms with van der Waals surface area (Å²) in [6.07, 6.45) is 0.453. The number of amides is 2. The van der Waals surface area contributed by atoms with Crippen LogP contribution >= 0.6 is 0 Å². The van der Waals surface area contributed by atoms with Crippen LogP contribution in [0.4, 0.5) is 0 Å². The first-order valence-corrected chi connectivity index (χ1v) is 8.81. The third kappa shape index (κ3) is 6.66. The lowest BCUT2D eigenvalue weighted by Gasteiger charge is -2.10. The Bertz CT molecular complexity index is 790. The van der Waals surface area contributed by atoms with Gasteiger partial charge in [-0.2, -0.15) is 0 Å². The normalized spacial score (nSPS) is 10.2. The van der Waals surface area contributed by atoms with Gasteiger partial charge < -0.3 is 20.1 Å². The van der Waals surface area contributed by atoms with Gasteiger partial charge in [0.25, 0.3) is 0 Å². The fourth-order valence-electron chi connectivity index (χ4n) is 2.68. The molecule has 2 aromatic rings. The van der Waals surface area contributed by atoms with E-state index in [1.54, 1.807) is 14.2 Å². The van der Waals surface area contributed by atoms with Crippen LogP contribution in [0, 0.1) is 6.92 Å². The zero-order chi connectivity index (χ0) is 19.6. The van der Waals surface area contributed by atoms with E-state index in [1.807, 2.05) is 49.4 Å². The number of benzene rings is 2. The summed E-state index contributed by atoms with van der Waals surface area (Å²) in [5.41, 5.74) is 3.16. The molecular weight excluding hydrogens is 344 g/mol. The molecule has 6 nitrogen and oxygen atoms in total. The molecule has 0 saturated heterocycles. The number of rotatable bonds is 9. The maximum absolute atomic E-state index is 11.9. The van der Waals surface area contributed by atoms with Crippen LogP contribution < -0.4 is 20.1 Å². The second-order valence-electron chi connectivity index (χ2n) is 6.23. The molecule has 2 N–H and O–H groups in total. The third-order valence-electron chi connectivity index (χ3n) is 4.08. The third-order valence-corrected chi connectivity index (χ3v) is 4.08. The Morgan fingerprint density at radius 3 is 2.33 bits per heavy atom. The summed E-state index contributed by atoms with van der Waals surface area (Å²) < 4.78 is 10.5. The Labute approximate surface area is 159 Å². The van der Waals surface area contributed by atoms with E-state index < -0.39 is 0 Å². The molecule has 0 saturated carbocycles. The molecule has 27 heavy (non-hydrogen) atoms. The smallest absolute Gasteiger partial charge is 0.229 e. The van der Waals surface area contributed by atoms with Crippen molar-refractivity contribution in [3.05, 3.63) is 59.2 Å². The van der Waals surface area contributed by atoms with Crippen molar-refractivity contribution in [3.63, 3.8) is 0 Å². The number of carbonyl (C=O) groups excluding carboxylic acids is 2. The minimum atomic E-state index is -0.294. The van der Waals surface area contributed by atoms with Crippen molar-refractivity contribution in [1.82, 2.24) is 10.6 Å². The lowest BCUT2D eigenvalue weighted by molar-refractivity contribution is -0.129. The number of aryl methyl sites for hydroxylation is 1. The van der Waals surface area contributed by atoms with Gasteiger partial charge >= 0.3 is 0 Å². The first-order chi connectivity index (χ1) is 13.0. The van der Waals surface area contributed by atoms with Crippen molar-refractivity contribution < 1.29 is 19.1 Å². The highest BCUT2D eigenvalue weighted by Crippen LogP contribution is 2.27. The number of ether oxygens (including phenoxy) is 2. The van der Waals surface area contributed by atoms with E-state index in [-0.39, 0.29) is 18.2 Å². The molecule has 2 amide bonds. The van der Waals surface area contributed by atoms with Crippen molar-refractivity contribution in [1.29, 1.82) is 0 Å². The minimum Gasteiger partial charge on any atom is -0.493 e. The lowest BCUT2D eigenvalue weighted by Crippen LogP contribution is -2.32. The van der Waals surface area contributed by atoms with Gasteiger partial charge in [0.15, 0.2) is 11.5 Å². The van der Waals surface area contributed by atoms with Gasteiger partial charge in [0.2, 0.25) is 11.8 Å². The second-order valence-corrected chi connectivity index (χ2v) is 6.23. The van der Waals surface area contributed by atoms with Gasteiger partial charge in [-0.15, -0.1) is 0 Å². The van der Waals surface area contributed by atoms with E-state index in [2.05, 4.69) is 10.6 Å². The van der Waals surface area contributed by atoms with Crippen LogP contribution in [0.1, 0.15) is 23.1 Å². The molecule has 0 aliphatic heterocycles. The standard InChI is InChI=1S/C21H26N2O4/c1-15-5-4-6-17(11-15)14-23-21(25)13-20(24)22-10-9-16-7-8-18(26-2)19(12-16)27-3/h4-8,11-12H,9-10,13-14H2,1-3H3,(H,22,24)(H,23,25). The van der Waals surface area contributed by atoms with Crippen LogP contribution in [0.3, 0.4) is 0 Å². The Morgan fingerprint density at radius 1 is 0.889 bits per heavy atom. The van der Waals surface area contributed by atoms with E-state index in [0.717, 1.165) is 16.7 Å². The molecule has 0 bridgehead atoms. The minimum absolute atomic E-state index is 0.183. The maximum atomic E-state index is 11.9. The Morgan fingerprint density at radius 2 is 1.63 bits per heavy atom. The quantitative estimate of drug-likeness (QED) is 0.665. The summed E-state index contributed by atoms with van der Waals surface area (Å²) in [5.74, 6) is 0.727. The highest BCUT2D eigenvalue weighted by atomic mass is 16.5. The zero-order valence-electron chi connectivity index (χ0n) is 16.0. The van der Waals surface area contributed by atoms with Gasteiger partial charge in [-0.05, 0) is 36.6 Å². The van der Waals surface area contributed by atoms with Gasteiger partial charge in [0, 0.05) is 13.1 Å². The topological polar surface area (TPSA) is 76.7 Å². The summed E-state index contributed by atoms with van der Waals surface area (Å²) in [6, 6.07) is 13.5. The van der Waals surface area contributed by atoms with Gasteiger partial charge in [-0.25, -0.2) is 0 Å². The number of carbonyl (C=O) groups is 2.